The number of hydrogen-bond acceptors (Lipinski definition) is 7. The van der Waals surface area contributed by atoms with Crippen LogP contribution in [0.25, 0.3) is 5.76 Å². The Morgan fingerprint density at radius 1 is 0.838 bits per heavy atom. The van der Waals surface area contributed by atoms with Crippen molar-refractivity contribution in [3.8, 4) is 23.0 Å². The van der Waals surface area contributed by atoms with Crippen molar-refractivity contribution in [2.45, 2.75) is 19.5 Å². The van der Waals surface area contributed by atoms with Gasteiger partial charge in [0.2, 0.25) is 0 Å². The van der Waals surface area contributed by atoms with E-state index in [1.165, 1.54) is 19.1 Å². The molecule has 1 amide bonds. The number of carbonyl (C=O) groups is 2. The maximum atomic E-state index is 13.4. The number of carbonyl (C=O) groups excluding carboxylic acids is 2. The number of Topliss-reactive ketones (excluding diaryl/α,β-unsaturated/α-hetero) is 1. The van der Waals surface area contributed by atoms with Crippen molar-refractivity contribution >= 4 is 17.4 Å². The van der Waals surface area contributed by atoms with Crippen LogP contribution in [0.3, 0.4) is 0 Å². The van der Waals surface area contributed by atoms with Crippen molar-refractivity contribution in [2.24, 2.45) is 0 Å². The van der Waals surface area contributed by atoms with Crippen LogP contribution in [-0.4, -0.2) is 49.6 Å². The van der Waals surface area contributed by atoms with E-state index in [0.717, 1.165) is 5.56 Å². The molecule has 37 heavy (non-hydrogen) atoms. The summed E-state index contributed by atoms with van der Waals surface area (Å²) in [6.07, 6.45) is 0. The normalized spacial score (nSPS) is 16.5. The Morgan fingerprint density at radius 3 is 1.97 bits per heavy atom. The third kappa shape index (κ3) is 4.95. The van der Waals surface area contributed by atoms with Crippen LogP contribution in [0.2, 0.25) is 0 Å². The van der Waals surface area contributed by atoms with Crippen LogP contribution < -0.4 is 18.9 Å². The average Bonchev–Trinajstić information content (AvgIpc) is 3.18. The molecule has 1 aliphatic heterocycles. The Labute approximate surface area is 215 Å². The van der Waals surface area contributed by atoms with Gasteiger partial charge in [0.1, 0.15) is 34.3 Å². The number of rotatable bonds is 9. The molecule has 8 nitrogen and oxygen atoms in total. The summed E-state index contributed by atoms with van der Waals surface area (Å²) >= 11 is 0. The van der Waals surface area contributed by atoms with Crippen LogP contribution in [0.4, 0.5) is 0 Å². The molecule has 192 valence electrons. The average molecular weight is 504 g/mol. The first kappa shape index (κ1) is 25.6. The van der Waals surface area contributed by atoms with Crippen LogP contribution in [-0.2, 0) is 16.1 Å². The van der Waals surface area contributed by atoms with Crippen molar-refractivity contribution in [1.29, 1.82) is 0 Å². The topological polar surface area (TPSA) is 94.5 Å². The lowest BCUT2D eigenvalue weighted by atomic mass is 9.94. The van der Waals surface area contributed by atoms with Gasteiger partial charge in [-0.3, -0.25) is 9.59 Å². The fraction of sp³-hybridized carbons (Fsp3) is 0.241. The van der Waals surface area contributed by atoms with Gasteiger partial charge in [-0.25, -0.2) is 0 Å². The fourth-order valence-electron chi connectivity index (χ4n) is 4.45. The van der Waals surface area contributed by atoms with Gasteiger partial charge in [-0.05, 0) is 54.4 Å². The van der Waals surface area contributed by atoms with E-state index in [4.69, 9.17) is 18.9 Å². The van der Waals surface area contributed by atoms with Crippen LogP contribution in [0, 0.1) is 0 Å². The highest BCUT2D eigenvalue weighted by molar-refractivity contribution is 6.46. The SMILES string of the molecule is CCOc1ccc(C2/C(=C(\O)c3c(OC)cccc3OC)C(=O)C(=O)N2Cc2ccc(OC)cc2)cc1. The molecule has 1 aliphatic rings. The van der Waals surface area contributed by atoms with E-state index in [0.29, 0.717) is 35.2 Å². The van der Waals surface area contributed by atoms with Crippen molar-refractivity contribution in [1.82, 2.24) is 4.90 Å². The minimum atomic E-state index is -0.854. The summed E-state index contributed by atoms with van der Waals surface area (Å²) in [6.45, 7) is 2.54. The number of hydrogen-bond donors (Lipinski definition) is 1. The molecule has 1 N–H and O–H groups in total. The number of aliphatic hydroxyl groups excluding tert-OH is 1. The maximum Gasteiger partial charge on any atom is 0.295 e. The Balaban J connectivity index is 1.88. The minimum absolute atomic E-state index is 0.0505. The number of aliphatic hydroxyl groups is 1. The van der Waals surface area contributed by atoms with Crippen molar-refractivity contribution in [3.05, 3.63) is 89.0 Å². The highest BCUT2D eigenvalue weighted by atomic mass is 16.5. The quantitative estimate of drug-likeness (QED) is 0.256. The predicted molar refractivity (Wildman–Crippen MR) is 138 cm³/mol. The molecule has 1 saturated heterocycles. The Morgan fingerprint density at radius 2 is 1.43 bits per heavy atom. The van der Waals surface area contributed by atoms with E-state index in [2.05, 4.69) is 0 Å². The van der Waals surface area contributed by atoms with Gasteiger partial charge in [-0.1, -0.05) is 30.3 Å². The molecule has 1 atom stereocenters. The molecule has 8 heteroatoms. The summed E-state index contributed by atoms with van der Waals surface area (Å²) in [4.78, 5) is 28.3. The fourth-order valence-corrected chi connectivity index (χ4v) is 4.45. The van der Waals surface area contributed by atoms with Gasteiger partial charge < -0.3 is 29.0 Å². The van der Waals surface area contributed by atoms with Gasteiger partial charge in [-0.2, -0.15) is 0 Å². The largest absolute Gasteiger partial charge is 0.506 e. The lowest BCUT2D eigenvalue weighted by Gasteiger charge is -2.26. The molecule has 1 fully saturated rings. The second-order valence-corrected chi connectivity index (χ2v) is 8.31. The first-order chi connectivity index (χ1) is 17.9. The lowest BCUT2D eigenvalue weighted by Crippen LogP contribution is -2.29. The third-order valence-corrected chi connectivity index (χ3v) is 6.22. The van der Waals surface area contributed by atoms with Crippen molar-refractivity contribution in [3.63, 3.8) is 0 Å². The number of likely N-dealkylation sites (tertiary alicyclic amines) is 1. The van der Waals surface area contributed by atoms with Gasteiger partial charge in [0.05, 0.1) is 39.6 Å². The Bertz CT molecular complexity index is 1290. The van der Waals surface area contributed by atoms with Crippen molar-refractivity contribution in [2.75, 3.05) is 27.9 Å². The summed E-state index contributed by atoms with van der Waals surface area (Å²) in [7, 11) is 4.49. The molecular formula is C29H29NO7. The molecule has 0 bridgehead atoms. The smallest absolute Gasteiger partial charge is 0.295 e. The van der Waals surface area contributed by atoms with E-state index >= 15 is 0 Å². The second kappa shape index (κ2) is 11.1. The van der Waals surface area contributed by atoms with Gasteiger partial charge in [0.25, 0.3) is 11.7 Å². The molecule has 3 aromatic rings. The van der Waals surface area contributed by atoms with Gasteiger partial charge in [0.15, 0.2) is 0 Å². The standard InChI is InChI=1S/C29H29NO7/c1-5-37-21-15-11-19(12-16-21)26-25(27(31)24-22(35-3)7-6-8-23(24)36-4)28(32)29(33)30(26)17-18-9-13-20(34-2)14-10-18/h6-16,26,31H,5,17H2,1-4H3/b27-25+. The van der Waals surface area contributed by atoms with Gasteiger partial charge in [-0.15, -0.1) is 0 Å². The lowest BCUT2D eigenvalue weighted by molar-refractivity contribution is -0.140. The van der Waals surface area contributed by atoms with Crippen LogP contribution in [0.1, 0.15) is 29.7 Å². The number of methoxy groups -OCH3 is 3. The zero-order valence-corrected chi connectivity index (χ0v) is 21.2. The first-order valence-electron chi connectivity index (χ1n) is 11.8. The van der Waals surface area contributed by atoms with E-state index < -0.39 is 17.7 Å². The van der Waals surface area contributed by atoms with E-state index in [1.807, 2.05) is 19.1 Å². The van der Waals surface area contributed by atoms with E-state index in [9.17, 15) is 14.7 Å². The molecule has 0 spiro atoms. The van der Waals surface area contributed by atoms with E-state index in [-0.39, 0.29) is 23.4 Å². The third-order valence-electron chi connectivity index (χ3n) is 6.22. The molecule has 1 heterocycles. The first-order valence-corrected chi connectivity index (χ1v) is 11.8. The zero-order valence-electron chi connectivity index (χ0n) is 21.2. The molecule has 0 aromatic heterocycles. The second-order valence-electron chi connectivity index (χ2n) is 8.31. The number of ether oxygens (including phenoxy) is 4. The number of nitrogens with zero attached hydrogens (tertiary/aromatic N) is 1. The highest BCUT2D eigenvalue weighted by Crippen LogP contribution is 2.44. The molecule has 0 saturated carbocycles. The summed E-state index contributed by atoms with van der Waals surface area (Å²) in [6, 6.07) is 18.5. The summed E-state index contributed by atoms with van der Waals surface area (Å²) in [5.74, 6) is 0.0703. The number of benzene rings is 3. The summed E-state index contributed by atoms with van der Waals surface area (Å²) in [5.41, 5.74) is 1.59. The highest BCUT2D eigenvalue weighted by Gasteiger charge is 2.46. The molecular weight excluding hydrogens is 474 g/mol. The molecule has 0 radical (unpaired) electrons. The monoisotopic (exact) mass is 503 g/mol. The molecule has 0 aliphatic carbocycles. The molecule has 1 unspecified atom stereocenters. The van der Waals surface area contributed by atoms with E-state index in [1.54, 1.807) is 61.7 Å². The predicted octanol–water partition coefficient (Wildman–Crippen LogP) is 4.73. The number of ketones is 1. The van der Waals surface area contributed by atoms with Gasteiger partial charge in [0, 0.05) is 6.54 Å². The zero-order chi connectivity index (χ0) is 26.5. The van der Waals surface area contributed by atoms with Gasteiger partial charge >= 0.3 is 0 Å². The van der Waals surface area contributed by atoms with Crippen LogP contribution in [0.15, 0.2) is 72.3 Å². The Hall–Kier alpha value is -4.46. The van der Waals surface area contributed by atoms with Crippen molar-refractivity contribution < 1.29 is 33.6 Å². The molecule has 4 rings (SSSR count). The van der Waals surface area contributed by atoms with Crippen LogP contribution in [0.5, 0.6) is 23.0 Å². The molecule has 3 aromatic carbocycles. The van der Waals surface area contributed by atoms with Crippen LogP contribution >= 0.6 is 0 Å². The summed E-state index contributed by atoms with van der Waals surface area (Å²) in [5, 5.41) is 11.5. The number of amides is 1. The minimum Gasteiger partial charge on any atom is -0.506 e. The maximum absolute atomic E-state index is 13.4. The summed E-state index contributed by atoms with van der Waals surface area (Å²) < 4.78 is 21.7. The Kier molecular flexibility index (Phi) is 7.67.